The first-order valence-electron chi connectivity index (χ1n) is 9.36. The first-order chi connectivity index (χ1) is 13.4. The number of amides is 1. The van der Waals surface area contributed by atoms with Crippen LogP contribution in [0.4, 0.5) is 5.69 Å². The molecule has 0 radical (unpaired) electrons. The van der Waals surface area contributed by atoms with Gasteiger partial charge in [-0.25, -0.2) is 13.8 Å². The minimum absolute atomic E-state index is 0.136. The van der Waals surface area contributed by atoms with Crippen LogP contribution in [0.15, 0.2) is 53.6 Å². The third-order valence-corrected chi connectivity index (χ3v) is 5.82. The lowest BCUT2D eigenvalue weighted by atomic mass is 9.91. The molecule has 1 amide bonds. The number of carbonyl (C=O) groups is 1. The SMILES string of the molecule is C/C(=N\NC(=O)c1ccc(N(Cc2ccc(C)cc2)S(C)(=O)=O)cc1)C(C)(C)C. The number of aryl methyl sites for hydroxylation is 1. The highest BCUT2D eigenvalue weighted by Crippen LogP contribution is 2.22. The standard InChI is InChI=1S/C22H29N3O3S/c1-16-7-9-18(10-8-16)15-25(29(6,27)28)20-13-11-19(12-14-20)21(26)24-23-17(2)22(3,4)5/h7-14H,15H2,1-6H3,(H,24,26)/b23-17+. The maximum absolute atomic E-state index is 12.3. The highest BCUT2D eigenvalue weighted by molar-refractivity contribution is 7.92. The van der Waals surface area contributed by atoms with E-state index >= 15 is 0 Å². The number of benzene rings is 2. The second-order valence-corrected chi connectivity index (χ2v) is 10.1. The Bertz CT molecular complexity index is 987. The summed E-state index contributed by atoms with van der Waals surface area (Å²) in [6.07, 6.45) is 1.17. The molecule has 0 saturated carbocycles. The molecule has 156 valence electrons. The molecule has 2 aromatic rings. The van der Waals surface area contributed by atoms with E-state index in [9.17, 15) is 13.2 Å². The topological polar surface area (TPSA) is 78.8 Å². The highest BCUT2D eigenvalue weighted by atomic mass is 32.2. The van der Waals surface area contributed by atoms with Crippen LogP contribution in [0.2, 0.25) is 0 Å². The Hall–Kier alpha value is -2.67. The average molecular weight is 416 g/mol. The lowest BCUT2D eigenvalue weighted by Gasteiger charge is -2.23. The van der Waals surface area contributed by atoms with E-state index < -0.39 is 10.0 Å². The van der Waals surface area contributed by atoms with Crippen molar-refractivity contribution in [3.63, 3.8) is 0 Å². The number of sulfonamides is 1. The summed E-state index contributed by atoms with van der Waals surface area (Å²) in [5.41, 5.74) is 6.12. The molecule has 0 aliphatic rings. The Labute approximate surface area is 173 Å². The van der Waals surface area contributed by atoms with E-state index in [1.807, 2.05) is 58.9 Å². The van der Waals surface area contributed by atoms with Crippen molar-refractivity contribution in [3.8, 4) is 0 Å². The summed E-state index contributed by atoms with van der Waals surface area (Å²) in [6, 6.07) is 14.2. The van der Waals surface area contributed by atoms with E-state index in [1.54, 1.807) is 24.3 Å². The van der Waals surface area contributed by atoms with Crippen molar-refractivity contribution < 1.29 is 13.2 Å². The Morgan fingerprint density at radius 3 is 2.07 bits per heavy atom. The Morgan fingerprint density at radius 2 is 1.59 bits per heavy atom. The minimum Gasteiger partial charge on any atom is -0.267 e. The lowest BCUT2D eigenvalue weighted by molar-refractivity contribution is 0.0954. The average Bonchev–Trinajstić information content (AvgIpc) is 2.63. The van der Waals surface area contributed by atoms with E-state index in [0.717, 1.165) is 16.8 Å². The largest absolute Gasteiger partial charge is 0.271 e. The number of hydrogen-bond acceptors (Lipinski definition) is 4. The van der Waals surface area contributed by atoms with Gasteiger partial charge in [0.25, 0.3) is 5.91 Å². The molecule has 29 heavy (non-hydrogen) atoms. The van der Waals surface area contributed by atoms with E-state index in [2.05, 4.69) is 10.5 Å². The second-order valence-electron chi connectivity index (χ2n) is 8.19. The van der Waals surface area contributed by atoms with Gasteiger partial charge in [-0.1, -0.05) is 50.6 Å². The fraction of sp³-hybridized carbons (Fsp3) is 0.364. The van der Waals surface area contributed by atoms with Gasteiger partial charge in [0.2, 0.25) is 10.0 Å². The van der Waals surface area contributed by atoms with Gasteiger partial charge in [0.05, 0.1) is 18.5 Å². The number of carbonyl (C=O) groups excluding carboxylic acids is 1. The molecule has 7 heteroatoms. The maximum Gasteiger partial charge on any atom is 0.271 e. The molecule has 6 nitrogen and oxygen atoms in total. The van der Waals surface area contributed by atoms with Crippen molar-refractivity contribution in [2.75, 3.05) is 10.6 Å². The zero-order valence-electron chi connectivity index (χ0n) is 17.9. The third kappa shape index (κ3) is 6.42. The summed E-state index contributed by atoms with van der Waals surface area (Å²) in [5.74, 6) is -0.343. The van der Waals surface area contributed by atoms with Crippen molar-refractivity contribution in [2.24, 2.45) is 10.5 Å². The molecule has 0 unspecified atom stereocenters. The molecule has 1 N–H and O–H groups in total. The Kier molecular flexibility index (Phi) is 6.85. The summed E-state index contributed by atoms with van der Waals surface area (Å²) in [5, 5.41) is 4.14. The summed E-state index contributed by atoms with van der Waals surface area (Å²) < 4.78 is 26.0. The van der Waals surface area contributed by atoms with Crippen molar-refractivity contribution in [3.05, 3.63) is 65.2 Å². The van der Waals surface area contributed by atoms with Crippen molar-refractivity contribution in [1.82, 2.24) is 5.43 Å². The molecule has 0 fully saturated rings. The molecule has 0 bridgehead atoms. The summed E-state index contributed by atoms with van der Waals surface area (Å²) >= 11 is 0. The van der Waals surface area contributed by atoms with Gasteiger partial charge in [0.1, 0.15) is 0 Å². The van der Waals surface area contributed by atoms with Crippen molar-refractivity contribution in [2.45, 2.75) is 41.2 Å². The predicted octanol–water partition coefficient (Wildman–Crippen LogP) is 4.11. The number of anilines is 1. The van der Waals surface area contributed by atoms with Crippen LogP contribution >= 0.6 is 0 Å². The fourth-order valence-corrected chi connectivity index (χ4v) is 3.29. The zero-order valence-corrected chi connectivity index (χ0v) is 18.7. The number of hydrazone groups is 1. The van der Waals surface area contributed by atoms with Gasteiger partial charge in [-0.05, 0) is 43.7 Å². The molecule has 0 atom stereocenters. The van der Waals surface area contributed by atoms with Gasteiger partial charge >= 0.3 is 0 Å². The van der Waals surface area contributed by atoms with Crippen LogP contribution < -0.4 is 9.73 Å². The molecule has 2 rings (SSSR count). The lowest BCUT2D eigenvalue weighted by Crippen LogP contribution is -2.29. The Morgan fingerprint density at radius 1 is 1.03 bits per heavy atom. The predicted molar refractivity (Wildman–Crippen MR) is 119 cm³/mol. The van der Waals surface area contributed by atoms with Crippen molar-refractivity contribution in [1.29, 1.82) is 0 Å². The molecule has 0 saturated heterocycles. The number of nitrogens with zero attached hydrogens (tertiary/aromatic N) is 2. The van der Waals surface area contributed by atoms with Crippen LogP contribution in [0.1, 0.15) is 49.2 Å². The molecule has 0 heterocycles. The van der Waals surface area contributed by atoms with Crippen LogP contribution in [-0.4, -0.2) is 26.3 Å². The van der Waals surface area contributed by atoms with E-state index in [0.29, 0.717) is 11.3 Å². The second kappa shape index (κ2) is 8.78. The van der Waals surface area contributed by atoms with E-state index in [1.165, 1.54) is 10.6 Å². The maximum atomic E-state index is 12.3. The van der Waals surface area contributed by atoms with Gasteiger partial charge in [-0.3, -0.25) is 9.10 Å². The number of hydrogen-bond donors (Lipinski definition) is 1. The summed E-state index contributed by atoms with van der Waals surface area (Å²) in [7, 11) is -3.49. The molecule has 2 aromatic carbocycles. The fourth-order valence-electron chi connectivity index (χ4n) is 2.41. The summed E-state index contributed by atoms with van der Waals surface area (Å²) in [4.78, 5) is 12.3. The minimum atomic E-state index is -3.49. The van der Waals surface area contributed by atoms with Crippen LogP contribution in [0.25, 0.3) is 0 Å². The van der Waals surface area contributed by atoms with Gasteiger partial charge < -0.3 is 0 Å². The molecular weight excluding hydrogens is 386 g/mol. The zero-order chi connectivity index (χ0) is 21.8. The van der Waals surface area contributed by atoms with Crippen LogP contribution in [0.3, 0.4) is 0 Å². The Balaban J connectivity index is 2.20. The number of nitrogens with one attached hydrogen (secondary N) is 1. The molecule has 0 spiro atoms. The first kappa shape index (κ1) is 22.6. The van der Waals surface area contributed by atoms with Gasteiger partial charge in [-0.15, -0.1) is 0 Å². The van der Waals surface area contributed by atoms with Gasteiger partial charge in [0.15, 0.2) is 0 Å². The summed E-state index contributed by atoms with van der Waals surface area (Å²) in [6.45, 7) is 10.1. The molecule has 0 aromatic heterocycles. The normalized spacial score (nSPS) is 12.6. The quantitative estimate of drug-likeness (QED) is 0.569. The molecule has 0 aliphatic heterocycles. The van der Waals surface area contributed by atoms with Crippen LogP contribution in [0.5, 0.6) is 0 Å². The highest BCUT2D eigenvalue weighted by Gasteiger charge is 2.19. The first-order valence-corrected chi connectivity index (χ1v) is 11.2. The third-order valence-electron chi connectivity index (χ3n) is 4.68. The molecule has 0 aliphatic carbocycles. The van der Waals surface area contributed by atoms with Gasteiger partial charge in [-0.2, -0.15) is 5.10 Å². The molecular formula is C22H29N3O3S. The van der Waals surface area contributed by atoms with Crippen LogP contribution in [0, 0.1) is 12.3 Å². The van der Waals surface area contributed by atoms with Crippen LogP contribution in [-0.2, 0) is 16.6 Å². The number of rotatable bonds is 6. The smallest absolute Gasteiger partial charge is 0.267 e. The van der Waals surface area contributed by atoms with Gasteiger partial charge in [0, 0.05) is 16.7 Å². The monoisotopic (exact) mass is 415 g/mol. The van der Waals surface area contributed by atoms with Crippen molar-refractivity contribution >= 4 is 27.3 Å². The van der Waals surface area contributed by atoms with E-state index in [4.69, 9.17) is 0 Å². The van der Waals surface area contributed by atoms with E-state index in [-0.39, 0.29) is 17.9 Å².